The van der Waals surface area contributed by atoms with Gasteiger partial charge in [0.25, 0.3) is 0 Å². The van der Waals surface area contributed by atoms with Gasteiger partial charge in [0.1, 0.15) is 17.4 Å². The molecule has 28 heavy (non-hydrogen) atoms. The van der Waals surface area contributed by atoms with Crippen LogP contribution in [-0.4, -0.2) is 4.98 Å². The van der Waals surface area contributed by atoms with Crippen molar-refractivity contribution in [2.24, 2.45) is 0 Å². The van der Waals surface area contributed by atoms with E-state index in [9.17, 15) is 0 Å². The van der Waals surface area contributed by atoms with Crippen LogP contribution in [0.25, 0.3) is 23.4 Å². The lowest BCUT2D eigenvalue weighted by Gasteiger charge is -2.06. The third kappa shape index (κ3) is 4.76. The molecule has 4 aromatic rings. The minimum Gasteiger partial charge on any atom is -0.489 e. The van der Waals surface area contributed by atoms with Gasteiger partial charge in [-0.25, -0.2) is 4.98 Å². The van der Waals surface area contributed by atoms with Crippen molar-refractivity contribution in [1.29, 1.82) is 0 Å². The fourth-order valence-electron chi connectivity index (χ4n) is 2.80. The van der Waals surface area contributed by atoms with Crippen LogP contribution in [-0.2, 0) is 6.61 Å². The molecule has 0 amide bonds. The smallest absolute Gasteiger partial charge is 0.119 e. The third-order valence-electron chi connectivity index (χ3n) is 4.42. The van der Waals surface area contributed by atoms with Gasteiger partial charge in [-0.3, -0.25) is 0 Å². The quantitative estimate of drug-likeness (QED) is 0.362. The lowest BCUT2D eigenvalue weighted by Crippen LogP contribution is -1.94. The Morgan fingerprint density at radius 2 is 1.61 bits per heavy atom. The lowest BCUT2D eigenvalue weighted by atomic mass is 10.1. The summed E-state index contributed by atoms with van der Waals surface area (Å²) < 4.78 is 5.84. The van der Waals surface area contributed by atoms with Crippen LogP contribution in [0.2, 0.25) is 0 Å². The van der Waals surface area contributed by atoms with Crippen LogP contribution >= 0.6 is 11.3 Å². The van der Waals surface area contributed by atoms with Gasteiger partial charge in [-0.05, 0) is 36.3 Å². The fourth-order valence-corrected chi connectivity index (χ4v) is 3.52. The van der Waals surface area contributed by atoms with Crippen LogP contribution in [0.15, 0.2) is 84.2 Å². The van der Waals surface area contributed by atoms with Crippen molar-refractivity contribution in [2.75, 3.05) is 0 Å². The van der Waals surface area contributed by atoms with E-state index in [2.05, 4.69) is 73.0 Å². The van der Waals surface area contributed by atoms with Crippen molar-refractivity contribution in [3.8, 4) is 17.0 Å². The van der Waals surface area contributed by atoms with Crippen molar-refractivity contribution in [1.82, 2.24) is 4.98 Å². The van der Waals surface area contributed by atoms with E-state index in [-0.39, 0.29) is 0 Å². The van der Waals surface area contributed by atoms with Crippen molar-refractivity contribution >= 4 is 23.5 Å². The summed E-state index contributed by atoms with van der Waals surface area (Å²) in [5, 5.41) is 3.10. The number of ether oxygens (including phenoxy) is 1. The summed E-state index contributed by atoms with van der Waals surface area (Å²) in [5.41, 5.74) is 5.73. The summed E-state index contributed by atoms with van der Waals surface area (Å²) in [6, 6.07) is 26.8. The van der Waals surface area contributed by atoms with Crippen molar-refractivity contribution in [3.63, 3.8) is 0 Å². The van der Waals surface area contributed by atoms with Crippen LogP contribution in [0.1, 0.15) is 21.7 Å². The molecule has 0 fully saturated rings. The van der Waals surface area contributed by atoms with E-state index >= 15 is 0 Å². The molecule has 0 spiro atoms. The van der Waals surface area contributed by atoms with E-state index in [1.54, 1.807) is 11.3 Å². The Balaban J connectivity index is 1.37. The number of thiazole rings is 1. The van der Waals surface area contributed by atoms with Gasteiger partial charge in [-0.1, -0.05) is 78.4 Å². The van der Waals surface area contributed by atoms with Gasteiger partial charge in [-0.2, -0.15) is 0 Å². The first-order chi connectivity index (χ1) is 13.8. The monoisotopic (exact) mass is 383 g/mol. The molecular formula is C25H21NOS. The number of rotatable bonds is 6. The summed E-state index contributed by atoms with van der Waals surface area (Å²) in [6.07, 6.45) is 4.14. The number of aromatic nitrogens is 1. The minimum absolute atomic E-state index is 0.580. The first kappa shape index (κ1) is 18.2. The molecule has 0 bridgehead atoms. The third-order valence-corrected chi connectivity index (χ3v) is 5.23. The van der Waals surface area contributed by atoms with Crippen LogP contribution in [0.5, 0.6) is 5.75 Å². The fraction of sp³-hybridized carbons (Fsp3) is 0.0800. The molecular weight excluding hydrogens is 362 g/mol. The van der Waals surface area contributed by atoms with E-state index in [1.165, 1.54) is 11.1 Å². The Bertz CT molecular complexity index is 1050. The van der Waals surface area contributed by atoms with Crippen LogP contribution in [0.3, 0.4) is 0 Å². The Morgan fingerprint density at radius 3 is 2.36 bits per heavy atom. The second-order valence-electron chi connectivity index (χ2n) is 6.61. The van der Waals surface area contributed by atoms with Crippen LogP contribution < -0.4 is 4.74 Å². The lowest BCUT2D eigenvalue weighted by molar-refractivity contribution is 0.306. The molecule has 0 aliphatic heterocycles. The van der Waals surface area contributed by atoms with Gasteiger partial charge in [0, 0.05) is 10.9 Å². The molecule has 0 N–H and O–H groups in total. The maximum Gasteiger partial charge on any atom is 0.119 e. The van der Waals surface area contributed by atoms with E-state index in [4.69, 9.17) is 9.72 Å². The largest absolute Gasteiger partial charge is 0.489 e. The normalized spacial score (nSPS) is 11.0. The molecule has 0 saturated carbocycles. The van der Waals surface area contributed by atoms with Gasteiger partial charge in [0.05, 0.1) is 5.69 Å². The second kappa shape index (κ2) is 8.68. The zero-order valence-corrected chi connectivity index (χ0v) is 16.5. The average Bonchev–Trinajstić information content (AvgIpc) is 3.22. The molecule has 0 aliphatic rings. The Morgan fingerprint density at radius 1 is 0.857 bits per heavy atom. The molecule has 0 atom stereocenters. The van der Waals surface area contributed by atoms with Crippen molar-refractivity contribution < 1.29 is 4.74 Å². The molecule has 3 aromatic carbocycles. The Hall–Kier alpha value is -3.17. The van der Waals surface area contributed by atoms with E-state index < -0.39 is 0 Å². The average molecular weight is 384 g/mol. The number of hydrogen-bond donors (Lipinski definition) is 0. The highest BCUT2D eigenvalue weighted by atomic mass is 32.1. The van der Waals surface area contributed by atoms with Gasteiger partial charge in [-0.15, -0.1) is 11.3 Å². The predicted molar refractivity (Wildman–Crippen MR) is 118 cm³/mol. The van der Waals surface area contributed by atoms with E-state index in [1.807, 2.05) is 30.3 Å². The number of nitrogens with zero attached hydrogens (tertiary/aromatic N) is 1. The first-order valence-corrected chi connectivity index (χ1v) is 10.1. The topological polar surface area (TPSA) is 22.1 Å². The highest BCUT2D eigenvalue weighted by Crippen LogP contribution is 2.24. The minimum atomic E-state index is 0.580. The molecule has 0 radical (unpaired) electrons. The van der Waals surface area contributed by atoms with Crippen molar-refractivity contribution in [2.45, 2.75) is 13.5 Å². The summed E-state index contributed by atoms with van der Waals surface area (Å²) in [5.74, 6) is 0.872. The first-order valence-electron chi connectivity index (χ1n) is 9.24. The molecule has 4 rings (SSSR count). The maximum atomic E-state index is 5.84. The number of benzene rings is 3. The zero-order chi connectivity index (χ0) is 19.2. The Kier molecular flexibility index (Phi) is 5.64. The standard InChI is InChI=1S/C25H21NOS/c1-19-7-12-22(13-8-19)24-18-28-25(26-24)16-11-20-9-14-23(15-10-20)27-17-21-5-3-2-4-6-21/h2-16,18H,17H2,1H3. The zero-order valence-electron chi connectivity index (χ0n) is 15.7. The summed E-state index contributed by atoms with van der Waals surface area (Å²) >= 11 is 1.65. The predicted octanol–water partition coefficient (Wildman–Crippen LogP) is 6.87. The maximum absolute atomic E-state index is 5.84. The molecule has 3 heteroatoms. The highest BCUT2D eigenvalue weighted by molar-refractivity contribution is 7.10. The molecule has 1 aromatic heterocycles. The van der Waals surface area contributed by atoms with Crippen LogP contribution in [0.4, 0.5) is 0 Å². The summed E-state index contributed by atoms with van der Waals surface area (Å²) in [6.45, 7) is 2.67. The summed E-state index contributed by atoms with van der Waals surface area (Å²) in [7, 11) is 0. The SMILES string of the molecule is Cc1ccc(-c2csc(C=Cc3ccc(OCc4ccccc4)cc3)n2)cc1. The van der Waals surface area contributed by atoms with Crippen molar-refractivity contribution in [3.05, 3.63) is 106 Å². The van der Waals surface area contributed by atoms with Gasteiger partial charge in [0.2, 0.25) is 0 Å². The molecule has 138 valence electrons. The summed E-state index contributed by atoms with van der Waals surface area (Å²) in [4.78, 5) is 4.71. The van der Waals surface area contributed by atoms with Gasteiger partial charge < -0.3 is 4.74 Å². The van der Waals surface area contributed by atoms with E-state index in [0.717, 1.165) is 27.6 Å². The highest BCUT2D eigenvalue weighted by Gasteiger charge is 2.02. The van der Waals surface area contributed by atoms with Gasteiger partial charge in [0.15, 0.2) is 0 Å². The second-order valence-corrected chi connectivity index (χ2v) is 7.50. The Labute approximate surface area is 169 Å². The molecule has 1 heterocycles. The van der Waals surface area contributed by atoms with E-state index in [0.29, 0.717) is 6.61 Å². The molecule has 0 aliphatic carbocycles. The number of aryl methyl sites for hydroxylation is 1. The molecule has 0 saturated heterocycles. The molecule has 0 unspecified atom stereocenters. The van der Waals surface area contributed by atoms with Crippen LogP contribution in [0, 0.1) is 6.92 Å². The molecule has 2 nitrogen and oxygen atoms in total. The van der Waals surface area contributed by atoms with Gasteiger partial charge >= 0.3 is 0 Å². The number of hydrogen-bond acceptors (Lipinski definition) is 3.